The molecule has 8 heteroatoms. The Morgan fingerprint density at radius 3 is 2.04 bits per heavy atom. The minimum absolute atomic E-state index is 0.00435. The number of amides is 1. The number of nitrogens with zero attached hydrogens (tertiary/aromatic N) is 3. The fourth-order valence-electron chi connectivity index (χ4n) is 2.98. The van der Waals surface area contributed by atoms with Crippen LogP contribution in [-0.4, -0.2) is 53.0 Å². The molecule has 1 aliphatic heterocycles. The molecule has 1 saturated heterocycles. The van der Waals surface area contributed by atoms with Crippen LogP contribution in [-0.2, 0) is 0 Å². The number of aromatic carboxylic acids is 1. The van der Waals surface area contributed by atoms with E-state index in [1.54, 1.807) is 29.2 Å². The molecule has 0 radical (unpaired) electrons. The number of hydrogen-bond donors (Lipinski definition) is 1. The topological polar surface area (TPSA) is 104 Å². The van der Waals surface area contributed by atoms with Crippen LogP contribution in [0.25, 0.3) is 0 Å². The van der Waals surface area contributed by atoms with Crippen LogP contribution in [0.15, 0.2) is 48.5 Å². The molecule has 1 aliphatic rings. The number of piperazine rings is 1. The summed E-state index contributed by atoms with van der Waals surface area (Å²) in [6.45, 7) is 2.03. The number of carboxylic acids is 1. The summed E-state index contributed by atoms with van der Waals surface area (Å²) in [5.74, 6) is -1.43. The second-order valence-electron chi connectivity index (χ2n) is 5.90. The predicted molar refractivity (Wildman–Crippen MR) is 94.6 cm³/mol. The van der Waals surface area contributed by atoms with E-state index in [9.17, 15) is 24.8 Å². The van der Waals surface area contributed by atoms with E-state index in [4.69, 9.17) is 0 Å². The summed E-state index contributed by atoms with van der Waals surface area (Å²) in [6, 6.07) is 12.5. The minimum Gasteiger partial charge on any atom is -0.478 e. The minimum atomic E-state index is -1.13. The van der Waals surface area contributed by atoms with Gasteiger partial charge in [0.2, 0.25) is 0 Å². The lowest BCUT2D eigenvalue weighted by Crippen LogP contribution is -2.49. The van der Waals surface area contributed by atoms with Gasteiger partial charge in [-0.1, -0.05) is 12.1 Å². The van der Waals surface area contributed by atoms with Gasteiger partial charge in [0.15, 0.2) is 0 Å². The monoisotopic (exact) mass is 355 g/mol. The molecule has 0 bridgehead atoms. The summed E-state index contributed by atoms with van der Waals surface area (Å²) in [4.78, 5) is 37.9. The first-order valence-electron chi connectivity index (χ1n) is 8.08. The molecule has 0 spiro atoms. The molecule has 0 aliphatic carbocycles. The van der Waals surface area contributed by atoms with Crippen molar-refractivity contribution in [3.05, 3.63) is 69.8 Å². The van der Waals surface area contributed by atoms with Gasteiger partial charge in [-0.15, -0.1) is 0 Å². The number of nitro benzene ring substituents is 1. The van der Waals surface area contributed by atoms with Crippen LogP contribution in [0.3, 0.4) is 0 Å². The first-order valence-corrected chi connectivity index (χ1v) is 8.08. The Morgan fingerprint density at radius 2 is 1.50 bits per heavy atom. The summed E-state index contributed by atoms with van der Waals surface area (Å²) in [7, 11) is 0. The van der Waals surface area contributed by atoms with Crippen molar-refractivity contribution in [1.29, 1.82) is 0 Å². The number of carboxylic acid groups (broad SMARTS) is 1. The summed E-state index contributed by atoms with van der Waals surface area (Å²) >= 11 is 0. The third-order valence-corrected chi connectivity index (χ3v) is 4.38. The van der Waals surface area contributed by atoms with E-state index in [1.807, 2.05) is 4.90 Å². The maximum absolute atomic E-state index is 12.7. The van der Waals surface area contributed by atoms with Gasteiger partial charge >= 0.3 is 5.97 Å². The maximum atomic E-state index is 12.7. The van der Waals surface area contributed by atoms with Gasteiger partial charge in [0.25, 0.3) is 11.6 Å². The van der Waals surface area contributed by atoms with E-state index in [-0.39, 0.29) is 22.7 Å². The zero-order valence-corrected chi connectivity index (χ0v) is 13.9. The van der Waals surface area contributed by atoms with Gasteiger partial charge in [0.05, 0.1) is 16.1 Å². The number of nitro groups is 1. The van der Waals surface area contributed by atoms with Gasteiger partial charge < -0.3 is 14.9 Å². The van der Waals surface area contributed by atoms with Crippen molar-refractivity contribution in [2.45, 2.75) is 0 Å². The van der Waals surface area contributed by atoms with Crippen LogP contribution in [0.5, 0.6) is 0 Å². The SMILES string of the molecule is O=C(O)c1ccccc1C(=O)N1CCN(c2ccc([N+](=O)[O-])cc2)CC1. The quantitative estimate of drug-likeness (QED) is 0.666. The van der Waals surface area contributed by atoms with Gasteiger partial charge in [-0.2, -0.15) is 0 Å². The third-order valence-electron chi connectivity index (χ3n) is 4.38. The van der Waals surface area contributed by atoms with Crippen molar-refractivity contribution >= 4 is 23.3 Å². The molecule has 0 unspecified atom stereocenters. The lowest BCUT2D eigenvalue weighted by molar-refractivity contribution is -0.384. The highest BCUT2D eigenvalue weighted by Crippen LogP contribution is 2.21. The second kappa shape index (κ2) is 7.22. The smallest absolute Gasteiger partial charge is 0.336 e. The van der Waals surface area contributed by atoms with Gasteiger partial charge in [-0.05, 0) is 24.3 Å². The Balaban J connectivity index is 1.68. The molecule has 3 rings (SSSR count). The lowest BCUT2D eigenvalue weighted by atomic mass is 10.1. The number of rotatable bonds is 4. The molecule has 0 aromatic heterocycles. The van der Waals surface area contributed by atoms with Gasteiger partial charge in [-0.3, -0.25) is 14.9 Å². The molecular weight excluding hydrogens is 338 g/mol. The number of benzene rings is 2. The molecule has 1 amide bonds. The number of carbonyl (C=O) groups is 2. The molecule has 0 atom stereocenters. The number of hydrogen-bond acceptors (Lipinski definition) is 5. The highest BCUT2D eigenvalue weighted by atomic mass is 16.6. The molecule has 1 fully saturated rings. The average molecular weight is 355 g/mol. The van der Waals surface area contributed by atoms with Crippen molar-refractivity contribution in [3.63, 3.8) is 0 Å². The van der Waals surface area contributed by atoms with Gasteiger partial charge in [-0.25, -0.2) is 4.79 Å². The van der Waals surface area contributed by atoms with Crippen molar-refractivity contribution < 1.29 is 19.6 Å². The summed E-state index contributed by atoms with van der Waals surface area (Å²) < 4.78 is 0. The standard InChI is InChI=1S/C18H17N3O5/c22-17(15-3-1-2-4-16(15)18(23)24)20-11-9-19(10-12-20)13-5-7-14(8-6-13)21(25)26/h1-8H,9-12H2,(H,23,24). The van der Waals surface area contributed by atoms with E-state index in [1.165, 1.54) is 24.3 Å². The van der Waals surface area contributed by atoms with E-state index in [0.717, 1.165) is 5.69 Å². The summed E-state index contributed by atoms with van der Waals surface area (Å²) in [5.41, 5.74) is 1.07. The average Bonchev–Trinajstić information content (AvgIpc) is 2.67. The number of carbonyl (C=O) groups excluding carboxylic acids is 1. The highest BCUT2D eigenvalue weighted by molar-refractivity contribution is 6.04. The number of non-ortho nitro benzene ring substituents is 1. The Morgan fingerprint density at radius 1 is 0.923 bits per heavy atom. The number of anilines is 1. The van der Waals surface area contributed by atoms with Gasteiger partial charge in [0, 0.05) is 44.0 Å². The molecule has 26 heavy (non-hydrogen) atoms. The van der Waals surface area contributed by atoms with Gasteiger partial charge in [0.1, 0.15) is 0 Å². The normalized spacial score (nSPS) is 14.2. The van der Waals surface area contributed by atoms with Crippen molar-refractivity contribution in [3.8, 4) is 0 Å². The van der Waals surface area contributed by atoms with Crippen molar-refractivity contribution in [2.24, 2.45) is 0 Å². The van der Waals surface area contributed by atoms with E-state index < -0.39 is 10.9 Å². The highest BCUT2D eigenvalue weighted by Gasteiger charge is 2.25. The zero-order valence-electron chi connectivity index (χ0n) is 13.9. The molecular formula is C18H17N3O5. The van der Waals surface area contributed by atoms with Crippen LogP contribution < -0.4 is 4.90 Å². The Hall–Kier alpha value is -3.42. The van der Waals surface area contributed by atoms with Crippen LogP contribution in [0.4, 0.5) is 11.4 Å². The van der Waals surface area contributed by atoms with E-state index >= 15 is 0 Å². The Labute approximate surface area is 149 Å². The fourth-order valence-corrected chi connectivity index (χ4v) is 2.98. The molecule has 2 aromatic carbocycles. The lowest BCUT2D eigenvalue weighted by Gasteiger charge is -2.36. The fraction of sp³-hybridized carbons (Fsp3) is 0.222. The largest absolute Gasteiger partial charge is 0.478 e. The molecule has 8 nitrogen and oxygen atoms in total. The third kappa shape index (κ3) is 3.49. The second-order valence-corrected chi connectivity index (χ2v) is 5.90. The van der Waals surface area contributed by atoms with Crippen molar-refractivity contribution in [1.82, 2.24) is 4.90 Å². The Bertz CT molecular complexity index is 842. The van der Waals surface area contributed by atoms with Crippen LogP contribution in [0, 0.1) is 10.1 Å². The van der Waals surface area contributed by atoms with E-state index in [2.05, 4.69) is 0 Å². The first-order chi connectivity index (χ1) is 12.5. The van der Waals surface area contributed by atoms with Crippen LogP contribution >= 0.6 is 0 Å². The first kappa shape index (κ1) is 17.4. The summed E-state index contributed by atoms with van der Waals surface area (Å²) in [6.07, 6.45) is 0. The molecule has 134 valence electrons. The molecule has 0 saturated carbocycles. The molecule has 1 N–H and O–H groups in total. The predicted octanol–water partition coefficient (Wildman–Crippen LogP) is 2.26. The molecule has 1 heterocycles. The Kier molecular flexibility index (Phi) is 4.83. The van der Waals surface area contributed by atoms with Crippen molar-refractivity contribution in [2.75, 3.05) is 31.1 Å². The molecule has 2 aromatic rings. The van der Waals surface area contributed by atoms with Crippen LogP contribution in [0.1, 0.15) is 20.7 Å². The maximum Gasteiger partial charge on any atom is 0.336 e. The van der Waals surface area contributed by atoms with E-state index in [0.29, 0.717) is 26.2 Å². The van der Waals surface area contributed by atoms with Crippen LogP contribution in [0.2, 0.25) is 0 Å². The zero-order chi connectivity index (χ0) is 18.7. The summed E-state index contributed by atoms with van der Waals surface area (Å²) in [5, 5.41) is 20.0.